The van der Waals surface area contributed by atoms with E-state index in [-0.39, 0.29) is 11.6 Å². The van der Waals surface area contributed by atoms with Crippen LogP contribution in [-0.4, -0.2) is 47.5 Å². The average molecular weight is 404 g/mol. The van der Waals surface area contributed by atoms with Gasteiger partial charge in [-0.25, -0.2) is 0 Å². The molecular formula is C20H22ClN3O4. The van der Waals surface area contributed by atoms with Crippen molar-refractivity contribution in [1.82, 2.24) is 4.90 Å². The van der Waals surface area contributed by atoms with Crippen molar-refractivity contribution in [3.05, 3.63) is 63.7 Å². The molecule has 1 fully saturated rings. The molecule has 2 aromatic carbocycles. The van der Waals surface area contributed by atoms with Crippen molar-refractivity contribution in [2.75, 3.05) is 31.1 Å². The number of nitro benzene ring substituents is 1. The summed E-state index contributed by atoms with van der Waals surface area (Å²) >= 11 is 6.22. The highest BCUT2D eigenvalue weighted by Gasteiger charge is 2.36. The zero-order valence-electron chi connectivity index (χ0n) is 15.8. The lowest BCUT2D eigenvalue weighted by Gasteiger charge is -2.39. The molecule has 0 bridgehead atoms. The quantitative estimate of drug-likeness (QED) is 0.561. The molecule has 7 nitrogen and oxygen atoms in total. The first-order valence-corrected chi connectivity index (χ1v) is 9.38. The van der Waals surface area contributed by atoms with Crippen molar-refractivity contribution in [3.8, 4) is 5.75 Å². The number of hydrogen-bond acceptors (Lipinski definition) is 5. The van der Waals surface area contributed by atoms with E-state index in [1.807, 2.05) is 35.2 Å². The lowest BCUT2D eigenvalue weighted by Crippen LogP contribution is -2.55. The summed E-state index contributed by atoms with van der Waals surface area (Å²) in [6.07, 6.45) is 0. The number of benzene rings is 2. The van der Waals surface area contributed by atoms with Crippen molar-refractivity contribution in [2.45, 2.75) is 19.4 Å². The van der Waals surface area contributed by atoms with Gasteiger partial charge in [-0.05, 0) is 32.0 Å². The molecule has 1 aliphatic rings. The topological polar surface area (TPSA) is 75.9 Å². The van der Waals surface area contributed by atoms with Crippen molar-refractivity contribution in [1.29, 1.82) is 0 Å². The van der Waals surface area contributed by atoms with E-state index in [0.717, 1.165) is 5.69 Å². The van der Waals surface area contributed by atoms with Crippen LogP contribution in [0.2, 0.25) is 5.02 Å². The largest absolute Gasteiger partial charge is 0.478 e. The Kier molecular flexibility index (Phi) is 5.74. The van der Waals surface area contributed by atoms with Gasteiger partial charge in [0.15, 0.2) is 5.60 Å². The smallest absolute Gasteiger partial charge is 0.271 e. The lowest BCUT2D eigenvalue weighted by atomic mass is 10.1. The SMILES string of the molecule is CC(C)(Oc1ccccc1)C(=O)N1CCN(c2ccc([N+](=O)[O-])cc2Cl)CC1. The maximum atomic E-state index is 12.9. The highest BCUT2D eigenvalue weighted by molar-refractivity contribution is 6.33. The second-order valence-electron chi connectivity index (χ2n) is 7.10. The first kappa shape index (κ1) is 19.9. The molecule has 1 amide bonds. The maximum absolute atomic E-state index is 12.9. The van der Waals surface area contributed by atoms with Gasteiger partial charge in [-0.15, -0.1) is 0 Å². The first-order chi connectivity index (χ1) is 13.3. The molecule has 1 saturated heterocycles. The van der Waals surface area contributed by atoms with E-state index in [4.69, 9.17) is 16.3 Å². The summed E-state index contributed by atoms with van der Waals surface area (Å²) in [5, 5.41) is 11.2. The van der Waals surface area contributed by atoms with Gasteiger partial charge in [-0.2, -0.15) is 0 Å². The van der Waals surface area contributed by atoms with Crippen molar-refractivity contribution < 1.29 is 14.5 Å². The zero-order chi connectivity index (χ0) is 20.3. The van der Waals surface area contributed by atoms with E-state index < -0.39 is 10.5 Å². The van der Waals surface area contributed by atoms with E-state index >= 15 is 0 Å². The molecule has 0 aliphatic carbocycles. The number of carbonyl (C=O) groups excluding carboxylic acids is 1. The minimum Gasteiger partial charge on any atom is -0.478 e. The van der Waals surface area contributed by atoms with Gasteiger partial charge in [-0.1, -0.05) is 29.8 Å². The Bertz CT molecular complexity index is 865. The van der Waals surface area contributed by atoms with E-state index in [9.17, 15) is 14.9 Å². The number of ether oxygens (including phenoxy) is 1. The monoisotopic (exact) mass is 403 g/mol. The van der Waals surface area contributed by atoms with Crippen LogP contribution >= 0.6 is 11.6 Å². The third-order valence-electron chi connectivity index (χ3n) is 4.68. The van der Waals surface area contributed by atoms with Crippen molar-refractivity contribution in [3.63, 3.8) is 0 Å². The second-order valence-corrected chi connectivity index (χ2v) is 7.50. The number of nitrogens with zero attached hydrogens (tertiary/aromatic N) is 3. The summed E-state index contributed by atoms with van der Waals surface area (Å²) in [4.78, 5) is 27.1. The van der Waals surface area contributed by atoms with Gasteiger partial charge in [0.2, 0.25) is 0 Å². The number of anilines is 1. The Morgan fingerprint density at radius 2 is 1.75 bits per heavy atom. The summed E-state index contributed by atoms with van der Waals surface area (Å²) in [6.45, 7) is 5.75. The number of non-ortho nitro benzene ring substituents is 1. The Morgan fingerprint density at radius 1 is 1.11 bits per heavy atom. The Labute approximate surface area is 168 Å². The average Bonchev–Trinajstić information content (AvgIpc) is 2.68. The molecular weight excluding hydrogens is 382 g/mol. The van der Waals surface area contributed by atoms with Gasteiger partial charge in [0, 0.05) is 38.3 Å². The van der Waals surface area contributed by atoms with Crippen LogP contribution in [-0.2, 0) is 4.79 Å². The first-order valence-electron chi connectivity index (χ1n) is 9.00. The molecule has 0 atom stereocenters. The molecule has 3 rings (SSSR count). The summed E-state index contributed by atoms with van der Waals surface area (Å²) in [7, 11) is 0. The second kappa shape index (κ2) is 8.06. The number of rotatable bonds is 5. The van der Waals surface area contributed by atoms with Crippen LogP contribution in [0.3, 0.4) is 0 Å². The number of para-hydroxylation sites is 1. The van der Waals surface area contributed by atoms with E-state index in [1.54, 1.807) is 24.8 Å². The maximum Gasteiger partial charge on any atom is 0.271 e. The molecule has 0 aromatic heterocycles. The number of piperazine rings is 1. The third kappa shape index (κ3) is 4.36. The molecule has 1 aliphatic heterocycles. The molecule has 0 radical (unpaired) electrons. The van der Waals surface area contributed by atoms with Gasteiger partial charge in [0.05, 0.1) is 15.6 Å². The number of hydrogen-bond donors (Lipinski definition) is 0. The number of halogens is 1. The summed E-state index contributed by atoms with van der Waals surface area (Å²) in [5.41, 5.74) is -0.282. The molecule has 0 spiro atoms. The highest BCUT2D eigenvalue weighted by Crippen LogP contribution is 2.31. The summed E-state index contributed by atoms with van der Waals surface area (Å²) in [6, 6.07) is 13.7. The Balaban J connectivity index is 1.63. The number of amides is 1. The third-order valence-corrected chi connectivity index (χ3v) is 4.98. The van der Waals surface area contributed by atoms with Gasteiger partial charge >= 0.3 is 0 Å². The fraction of sp³-hybridized carbons (Fsp3) is 0.350. The minimum absolute atomic E-state index is 0.0395. The van der Waals surface area contributed by atoms with Crippen molar-refractivity contribution >= 4 is 28.9 Å². The minimum atomic E-state index is -0.978. The molecule has 0 saturated carbocycles. The molecule has 1 heterocycles. The standard InChI is InChI=1S/C20H22ClN3O4/c1-20(2,28-16-6-4-3-5-7-16)19(25)23-12-10-22(11-13-23)18-9-8-15(24(26)27)14-17(18)21/h3-9,14H,10-13H2,1-2H3. The fourth-order valence-electron chi connectivity index (χ4n) is 3.22. The van der Waals surface area contributed by atoms with Crippen LogP contribution in [0.4, 0.5) is 11.4 Å². The Hall–Kier alpha value is -2.80. The van der Waals surface area contributed by atoms with Crippen LogP contribution in [0.5, 0.6) is 5.75 Å². The van der Waals surface area contributed by atoms with Crippen LogP contribution in [0.1, 0.15) is 13.8 Å². The number of nitro groups is 1. The van der Waals surface area contributed by atoms with Gasteiger partial charge in [0.1, 0.15) is 5.75 Å². The zero-order valence-corrected chi connectivity index (χ0v) is 16.6. The van der Waals surface area contributed by atoms with E-state index in [2.05, 4.69) is 0 Å². The van der Waals surface area contributed by atoms with E-state index in [1.165, 1.54) is 12.1 Å². The molecule has 0 N–H and O–H groups in total. The molecule has 2 aromatic rings. The Morgan fingerprint density at radius 3 is 2.32 bits per heavy atom. The lowest BCUT2D eigenvalue weighted by molar-refractivity contribution is -0.384. The molecule has 0 unspecified atom stereocenters. The van der Waals surface area contributed by atoms with Gasteiger partial charge < -0.3 is 14.5 Å². The molecule has 28 heavy (non-hydrogen) atoms. The number of carbonyl (C=O) groups is 1. The summed E-state index contributed by atoms with van der Waals surface area (Å²) < 4.78 is 5.89. The predicted octanol–water partition coefficient (Wildman–Crippen LogP) is 3.75. The predicted molar refractivity (Wildman–Crippen MR) is 108 cm³/mol. The van der Waals surface area contributed by atoms with Crippen LogP contribution in [0.15, 0.2) is 48.5 Å². The highest BCUT2D eigenvalue weighted by atomic mass is 35.5. The van der Waals surface area contributed by atoms with Crippen LogP contribution < -0.4 is 9.64 Å². The van der Waals surface area contributed by atoms with Crippen molar-refractivity contribution in [2.24, 2.45) is 0 Å². The summed E-state index contributed by atoms with van der Waals surface area (Å²) in [5.74, 6) is 0.572. The van der Waals surface area contributed by atoms with Crippen LogP contribution in [0, 0.1) is 10.1 Å². The van der Waals surface area contributed by atoms with Gasteiger partial charge in [-0.3, -0.25) is 14.9 Å². The fourth-order valence-corrected chi connectivity index (χ4v) is 3.52. The molecule has 148 valence electrons. The van der Waals surface area contributed by atoms with Crippen LogP contribution in [0.25, 0.3) is 0 Å². The molecule has 8 heteroatoms. The normalized spacial score (nSPS) is 14.7. The van der Waals surface area contributed by atoms with E-state index in [0.29, 0.717) is 37.0 Å². The van der Waals surface area contributed by atoms with Gasteiger partial charge in [0.25, 0.3) is 11.6 Å².